The monoisotopic (exact) mass is 658 g/mol. The first-order valence-corrected chi connectivity index (χ1v) is 17.9. The standard InChI is InChI=1S/C33H44F2N6O4S/c1-39-20-24(19-37-39)21-41-30(42)26-18-25(46(44,45)38-33(23-34)14-15-33)10-11-28(26)40(31(41)43)22-27-29(35)32(16-17-36-27)12-8-6-4-2-3-5-7-9-13-32/h4,6,10-11,18-20,27,29,36,38H,2-3,5,7-9,12-17,21-23H2,1H3/b6-4-. The molecule has 3 heterocycles. The van der Waals surface area contributed by atoms with E-state index in [1.165, 1.54) is 22.8 Å². The van der Waals surface area contributed by atoms with E-state index in [4.69, 9.17) is 0 Å². The molecule has 6 rings (SSSR count). The van der Waals surface area contributed by atoms with E-state index in [0.717, 1.165) is 55.9 Å². The topological polar surface area (TPSA) is 120 Å². The van der Waals surface area contributed by atoms with E-state index >= 15 is 4.39 Å². The van der Waals surface area contributed by atoms with Crippen LogP contribution >= 0.6 is 0 Å². The van der Waals surface area contributed by atoms with Crippen LogP contribution in [0.3, 0.4) is 0 Å². The highest BCUT2D eigenvalue weighted by atomic mass is 32.2. The van der Waals surface area contributed by atoms with Gasteiger partial charge in [0.05, 0.1) is 40.1 Å². The third kappa shape index (κ3) is 6.64. The molecule has 13 heteroatoms. The van der Waals surface area contributed by atoms with Gasteiger partial charge in [-0.05, 0) is 76.1 Å². The van der Waals surface area contributed by atoms with Gasteiger partial charge >= 0.3 is 5.69 Å². The number of aromatic nitrogens is 4. The number of aryl methyl sites for hydroxylation is 1. The summed E-state index contributed by atoms with van der Waals surface area (Å²) in [6.07, 6.45) is 15.6. The molecule has 1 spiro atoms. The van der Waals surface area contributed by atoms with E-state index in [9.17, 15) is 22.4 Å². The summed E-state index contributed by atoms with van der Waals surface area (Å²) in [6.45, 7) is -0.333. The Kier molecular flexibility index (Phi) is 9.37. The number of halogens is 2. The maximum absolute atomic E-state index is 16.8. The second-order valence-electron chi connectivity index (χ2n) is 13.5. The van der Waals surface area contributed by atoms with Crippen molar-refractivity contribution in [2.24, 2.45) is 12.5 Å². The number of allylic oxidation sites excluding steroid dienone is 2. The van der Waals surface area contributed by atoms with Gasteiger partial charge in [-0.25, -0.2) is 26.7 Å². The fraction of sp³-hybridized carbons (Fsp3) is 0.606. The molecule has 2 fully saturated rings. The van der Waals surface area contributed by atoms with Gasteiger partial charge in [0.25, 0.3) is 5.56 Å². The number of rotatable bonds is 8. The molecule has 0 bridgehead atoms. The molecule has 0 radical (unpaired) electrons. The van der Waals surface area contributed by atoms with Crippen molar-refractivity contribution >= 4 is 20.9 Å². The first kappa shape index (κ1) is 32.8. The number of nitrogens with one attached hydrogen (secondary N) is 2. The number of benzene rings is 1. The molecule has 1 aliphatic heterocycles. The van der Waals surface area contributed by atoms with Crippen molar-refractivity contribution in [2.45, 2.75) is 106 Å². The first-order valence-electron chi connectivity index (χ1n) is 16.4. The van der Waals surface area contributed by atoms with Crippen molar-refractivity contribution in [3.63, 3.8) is 0 Å². The van der Waals surface area contributed by atoms with Gasteiger partial charge in [-0.2, -0.15) is 5.10 Å². The first-order chi connectivity index (χ1) is 22.1. The van der Waals surface area contributed by atoms with E-state index < -0.39 is 51.1 Å². The minimum Gasteiger partial charge on any atom is -0.310 e. The lowest BCUT2D eigenvalue weighted by atomic mass is 9.68. The number of alkyl halides is 2. The number of hydrogen-bond donors (Lipinski definition) is 2. The van der Waals surface area contributed by atoms with Gasteiger partial charge < -0.3 is 5.32 Å². The molecular formula is C33H44F2N6O4S. The zero-order chi connectivity index (χ0) is 32.5. The van der Waals surface area contributed by atoms with Crippen LogP contribution in [0.5, 0.6) is 0 Å². The number of sulfonamides is 1. The maximum atomic E-state index is 16.8. The average molecular weight is 659 g/mol. The van der Waals surface area contributed by atoms with Crippen LogP contribution < -0.4 is 21.3 Å². The van der Waals surface area contributed by atoms with Crippen LogP contribution in [0.1, 0.15) is 76.2 Å². The molecule has 46 heavy (non-hydrogen) atoms. The van der Waals surface area contributed by atoms with Gasteiger partial charge in [0.15, 0.2) is 0 Å². The van der Waals surface area contributed by atoms with Crippen LogP contribution in [0.4, 0.5) is 8.78 Å². The lowest BCUT2D eigenvalue weighted by Gasteiger charge is -2.45. The van der Waals surface area contributed by atoms with Crippen molar-refractivity contribution < 1.29 is 17.2 Å². The predicted octanol–water partition coefficient (Wildman–Crippen LogP) is 4.10. The minimum atomic E-state index is -4.15. The third-order valence-electron chi connectivity index (χ3n) is 10.2. The van der Waals surface area contributed by atoms with Crippen LogP contribution in [-0.4, -0.2) is 58.3 Å². The largest absolute Gasteiger partial charge is 0.331 e. The number of hydrogen-bond acceptors (Lipinski definition) is 6. The molecule has 10 nitrogen and oxygen atoms in total. The van der Waals surface area contributed by atoms with Crippen molar-refractivity contribution in [3.8, 4) is 0 Å². The highest BCUT2D eigenvalue weighted by Gasteiger charge is 2.47. The Hall–Kier alpha value is -3.16. The Morgan fingerprint density at radius 2 is 1.80 bits per heavy atom. The van der Waals surface area contributed by atoms with Crippen LogP contribution in [-0.2, 0) is 30.2 Å². The fourth-order valence-electron chi connectivity index (χ4n) is 7.26. The van der Waals surface area contributed by atoms with Gasteiger partial charge in [0.2, 0.25) is 10.0 Å². The molecule has 3 aliphatic rings. The Morgan fingerprint density at radius 1 is 1.02 bits per heavy atom. The highest BCUT2D eigenvalue weighted by Crippen LogP contribution is 2.44. The zero-order valence-corrected chi connectivity index (χ0v) is 27.2. The second-order valence-corrected chi connectivity index (χ2v) is 15.2. The van der Waals surface area contributed by atoms with Gasteiger partial charge in [0, 0.05) is 30.8 Å². The molecule has 250 valence electrons. The van der Waals surface area contributed by atoms with Crippen molar-refractivity contribution in [2.75, 3.05) is 13.2 Å². The fourth-order valence-corrected chi connectivity index (χ4v) is 8.73. The highest BCUT2D eigenvalue weighted by molar-refractivity contribution is 7.89. The molecule has 3 unspecified atom stereocenters. The second kappa shape index (κ2) is 13.2. The minimum absolute atomic E-state index is 0.0115. The van der Waals surface area contributed by atoms with Crippen LogP contribution in [0.2, 0.25) is 0 Å². The third-order valence-corrected chi connectivity index (χ3v) is 11.8. The molecule has 3 atom stereocenters. The normalized spacial score (nSPS) is 26.2. The maximum Gasteiger partial charge on any atom is 0.331 e. The molecule has 1 saturated carbocycles. The Balaban J connectivity index is 1.40. The average Bonchev–Trinajstić information content (AvgIpc) is 3.69. The van der Waals surface area contributed by atoms with E-state index in [2.05, 4.69) is 27.3 Å². The van der Waals surface area contributed by atoms with Gasteiger partial charge in [-0.3, -0.25) is 18.6 Å². The summed E-state index contributed by atoms with van der Waals surface area (Å²) in [6, 6.07) is 3.31. The zero-order valence-electron chi connectivity index (χ0n) is 26.4. The summed E-state index contributed by atoms with van der Waals surface area (Å²) >= 11 is 0. The lowest BCUT2D eigenvalue weighted by molar-refractivity contribution is 0.00997. The summed E-state index contributed by atoms with van der Waals surface area (Å²) in [5.41, 5.74) is -2.07. The van der Waals surface area contributed by atoms with E-state index in [1.54, 1.807) is 24.1 Å². The smallest absolute Gasteiger partial charge is 0.310 e. The Morgan fingerprint density at radius 3 is 2.54 bits per heavy atom. The molecule has 2 aromatic heterocycles. The van der Waals surface area contributed by atoms with E-state index in [-0.39, 0.29) is 28.9 Å². The van der Waals surface area contributed by atoms with Crippen molar-refractivity contribution in [3.05, 3.63) is 69.1 Å². The van der Waals surface area contributed by atoms with Crippen LogP contribution in [0.15, 0.2) is 57.2 Å². The predicted molar refractivity (Wildman–Crippen MR) is 173 cm³/mol. The summed E-state index contributed by atoms with van der Waals surface area (Å²) in [5.74, 6) is 0. The van der Waals surface area contributed by atoms with Gasteiger partial charge in [-0.1, -0.05) is 31.4 Å². The number of piperidine rings is 1. The summed E-state index contributed by atoms with van der Waals surface area (Å²) in [5, 5.41) is 7.48. The van der Waals surface area contributed by atoms with Gasteiger partial charge in [-0.15, -0.1) is 0 Å². The Bertz CT molecular complexity index is 1830. The molecular weight excluding hydrogens is 614 g/mol. The Labute approximate surface area is 267 Å². The van der Waals surface area contributed by atoms with Gasteiger partial charge in [0.1, 0.15) is 12.8 Å². The van der Waals surface area contributed by atoms with Crippen LogP contribution in [0.25, 0.3) is 10.9 Å². The summed E-state index contributed by atoms with van der Waals surface area (Å²) in [4.78, 5) is 27.7. The molecule has 1 saturated heterocycles. The SMILES string of the molecule is Cn1cc(Cn2c(=O)c3cc(S(=O)(=O)NC4(CF)CC4)ccc3n(CC3NCCC4(CC/C=C\CCCCCC4)C3F)c2=O)cn1. The van der Waals surface area contributed by atoms with E-state index in [1.807, 2.05) is 0 Å². The summed E-state index contributed by atoms with van der Waals surface area (Å²) in [7, 11) is -2.43. The molecule has 3 aromatic rings. The molecule has 2 N–H and O–H groups in total. The lowest BCUT2D eigenvalue weighted by Crippen LogP contribution is -2.56. The van der Waals surface area contributed by atoms with Crippen LogP contribution in [0, 0.1) is 5.41 Å². The number of nitrogens with zero attached hydrogens (tertiary/aromatic N) is 4. The van der Waals surface area contributed by atoms with Crippen molar-refractivity contribution in [1.29, 1.82) is 0 Å². The van der Waals surface area contributed by atoms with E-state index in [0.29, 0.717) is 31.4 Å². The molecule has 2 aliphatic carbocycles. The quantitative estimate of drug-likeness (QED) is 0.352. The van der Waals surface area contributed by atoms with Crippen molar-refractivity contribution in [1.82, 2.24) is 29.0 Å². The summed E-state index contributed by atoms with van der Waals surface area (Å²) < 4.78 is 63.3. The number of fused-ring (bicyclic) bond motifs is 1. The molecule has 0 amide bonds. The molecule has 1 aromatic carbocycles.